The lowest BCUT2D eigenvalue weighted by atomic mass is 9.88. The zero-order valence-corrected chi connectivity index (χ0v) is 16.9. The number of piperidine rings is 1. The van der Waals surface area contributed by atoms with Crippen molar-refractivity contribution in [2.45, 2.75) is 45.4 Å². The van der Waals surface area contributed by atoms with Crippen LogP contribution in [-0.2, 0) is 0 Å². The van der Waals surface area contributed by atoms with Crippen molar-refractivity contribution in [3.05, 3.63) is 53.3 Å². The van der Waals surface area contributed by atoms with E-state index >= 15 is 0 Å². The molecule has 0 saturated carbocycles. The average molecular weight is 373 g/mol. The third-order valence-corrected chi connectivity index (χ3v) is 6.29. The Morgan fingerprint density at radius 1 is 1.11 bits per heavy atom. The minimum Gasteiger partial charge on any atom is -0.354 e. The van der Waals surface area contributed by atoms with Crippen LogP contribution < -0.4 is 5.32 Å². The van der Waals surface area contributed by atoms with Crippen molar-refractivity contribution in [2.24, 2.45) is 0 Å². The van der Waals surface area contributed by atoms with E-state index in [-0.39, 0.29) is 0 Å². The number of nitrogens with zero attached hydrogens (tertiary/aromatic N) is 1. The topological polar surface area (TPSA) is 56.5 Å². The van der Waals surface area contributed by atoms with Gasteiger partial charge in [0.05, 0.1) is 5.69 Å². The Labute approximate surface area is 165 Å². The zero-order valence-electron chi connectivity index (χ0n) is 16.9. The Morgan fingerprint density at radius 3 is 2.71 bits per heavy atom. The van der Waals surface area contributed by atoms with Crippen LogP contribution in [-0.4, -0.2) is 28.0 Å². The molecule has 28 heavy (non-hydrogen) atoms. The van der Waals surface area contributed by atoms with E-state index in [9.17, 15) is 0 Å². The van der Waals surface area contributed by atoms with Crippen molar-refractivity contribution in [2.75, 3.05) is 13.1 Å². The second-order valence-corrected chi connectivity index (χ2v) is 8.45. The molecule has 0 amide bonds. The molecule has 5 rings (SSSR count). The van der Waals surface area contributed by atoms with Gasteiger partial charge in [-0.05, 0) is 79.6 Å². The zero-order chi connectivity index (χ0) is 19.3. The van der Waals surface area contributed by atoms with Crippen molar-refractivity contribution < 1.29 is 0 Å². The number of benzene rings is 1. The van der Waals surface area contributed by atoms with Crippen molar-refractivity contribution in [1.29, 1.82) is 0 Å². The molecule has 4 nitrogen and oxygen atoms in total. The molecule has 0 atom stereocenters. The molecule has 1 saturated heterocycles. The Bertz CT molecular complexity index is 1140. The summed E-state index contributed by atoms with van der Waals surface area (Å²) in [6.45, 7) is 8.99. The van der Waals surface area contributed by atoms with Crippen LogP contribution in [0.1, 0.15) is 55.2 Å². The second kappa shape index (κ2) is 6.78. The lowest BCUT2D eigenvalue weighted by Gasteiger charge is -2.23. The summed E-state index contributed by atoms with van der Waals surface area (Å²) < 4.78 is 0. The van der Waals surface area contributed by atoms with Gasteiger partial charge in [0.25, 0.3) is 0 Å². The van der Waals surface area contributed by atoms with E-state index in [1.165, 1.54) is 57.1 Å². The number of hydrogen-bond donors (Lipinski definition) is 3. The highest BCUT2D eigenvalue weighted by Crippen LogP contribution is 2.40. The van der Waals surface area contributed by atoms with Gasteiger partial charge in [0.1, 0.15) is 5.65 Å². The molecule has 4 heteroatoms. The minimum absolute atomic E-state index is 0.439. The molecule has 4 heterocycles. The summed E-state index contributed by atoms with van der Waals surface area (Å²) in [5.74, 6) is 1.11. The van der Waals surface area contributed by atoms with Crippen LogP contribution in [0.3, 0.4) is 0 Å². The maximum absolute atomic E-state index is 4.52. The molecule has 1 fully saturated rings. The van der Waals surface area contributed by atoms with Gasteiger partial charge in [-0.1, -0.05) is 19.9 Å². The fourth-order valence-electron chi connectivity index (χ4n) is 4.88. The van der Waals surface area contributed by atoms with Crippen LogP contribution in [0.2, 0.25) is 0 Å². The minimum atomic E-state index is 0.439. The first kappa shape index (κ1) is 17.5. The second-order valence-electron chi connectivity index (χ2n) is 8.45. The van der Waals surface area contributed by atoms with E-state index in [4.69, 9.17) is 0 Å². The Morgan fingerprint density at radius 2 is 1.93 bits per heavy atom. The highest BCUT2D eigenvalue weighted by atomic mass is 14.9. The molecule has 144 valence electrons. The fourth-order valence-corrected chi connectivity index (χ4v) is 4.88. The number of aromatic nitrogens is 3. The molecule has 0 bridgehead atoms. The number of hydrogen-bond acceptors (Lipinski definition) is 2. The van der Waals surface area contributed by atoms with Crippen LogP contribution in [0.4, 0.5) is 0 Å². The molecular weight excluding hydrogens is 344 g/mol. The fraction of sp³-hybridized carbons (Fsp3) is 0.375. The third-order valence-electron chi connectivity index (χ3n) is 6.29. The predicted molar refractivity (Wildman–Crippen MR) is 117 cm³/mol. The van der Waals surface area contributed by atoms with Crippen LogP contribution in [0.5, 0.6) is 0 Å². The molecule has 4 aromatic rings. The van der Waals surface area contributed by atoms with Gasteiger partial charge in [-0.3, -0.25) is 0 Å². The van der Waals surface area contributed by atoms with Gasteiger partial charge in [-0.25, -0.2) is 4.98 Å². The van der Waals surface area contributed by atoms with Gasteiger partial charge in [0.2, 0.25) is 0 Å². The molecule has 3 aromatic heterocycles. The molecule has 0 unspecified atom stereocenters. The molecule has 1 aliphatic heterocycles. The third kappa shape index (κ3) is 2.75. The van der Waals surface area contributed by atoms with Crippen molar-refractivity contribution in [3.8, 4) is 11.3 Å². The monoisotopic (exact) mass is 372 g/mol. The quantitative estimate of drug-likeness (QED) is 0.438. The maximum Gasteiger partial charge on any atom is 0.138 e. The normalized spacial score (nSPS) is 15.9. The number of rotatable bonds is 3. The average Bonchev–Trinajstić information content (AvgIpc) is 3.29. The van der Waals surface area contributed by atoms with E-state index in [1.54, 1.807) is 0 Å². The molecule has 0 spiro atoms. The van der Waals surface area contributed by atoms with Gasteiger partial charge in [-0.2, -0.15) is 0 Å². The summed E-state index contributed by atoms with van der Waals surface area (Å²) in [5, 5.41) is 6.07. The van der Waals surface area contributed by atoms with Crippen LogP contribution >= 0.6 is 0 Å². The molecule has 3 N–H and O–H groups in total. The lowest BCUT2D eigenvalue weighted by molar-refractivity contribution is 0.460. The molecule has 0 aliphatic carbocycles. The standard InChI is InChI=1S/C24H28N4/c1-14(2)21-19-12-17(16-6-9-25-10-7-16)4-5-20(19)28-23(21)18-8-11-26-24-22(18)15(3)13-27-24/h4-5,8,11-14,16,25,28H,6-7,9-10H2,1-3H3,(H,26,27). The Kier molecular flexibility index (Phi) is 4.24. The molecule has 1 aliphatic rings. The number of aromatic amines is 2. The summed E-state index contributed by atoms with van der Waals surface area (Å²) >= 11 is 0. The number of aryl methyl sites for hydroxylation is 1. The van der Waals surface area contributed by atoms with E-state index in [1.807, 2.05) is 12.4 Å². The van der Waals surface area contributed by atoms with Gasteiger partial charge in [-0.15, -0.1) is 0 Å². The van der Waals surface area contributed by atoms with Gasteiger partial charge in [0.15, 0.2) is 0 Å². The first-order valence-corrected chi connectivity index (χ1v) is 10.4. The van der Waals surface area contributed by atoms with Crippen LogP contribution in [0, 0.1) is 6.92 Å². The molecule has 1 aromatic carbocycles. The van der Waals surface area contributed by atoms with E-state index < -0.39 is 0 Å². The van der Waals surface area contributed by atoms with E-state index in [2.05, 4.69) is 65.3 Å². The van der Waals surface area contributed by atoms with Crippen LogP contribution in [0.15, 0.2) is 36.7 Å². The van der Waals surface area contributed by atoms with Gasteiger partial charge in [0, 0.05) is 34.2 Å². The smallest absolute Gasteiger partial charge is 0.138 e. The summed E-state index contributed by atoms with van der Waals surface area (Å²) in [4.78, 5) is 11.6. The number of pyridine rings is 1. The highest BCUT2D eigenvalue weighted by molar-refractivity contribution is 6.00. The van der Waals surface area contributed by atoms with Crippen molar-refractivity contribution in [3.63, 3.8) is 0 Å². The van der Waals surface area contributed by atoms with E-state index in [0.29, 0.717) is 11.8 Å². The van der Waals surface area contributed by atoms with Gasteiger partial charge >= 0.3 is 0 Å². The van der Waals surface area contributed by atoms with Crippen molar-refractivity contribution >= 4 is 21.9 Å². The summed E-state index contributed by atoms with van der Waals surface area (Å²) in [7, 11) is 0. The van der Waals surface area contributed by atoms with Gasteiger partial charge < -0.3 is 15.3 Å². The van der Waals surface area contributed by atoms with E-state index in [0.717, 1.165) is 18.7 Å². The largest absolute Gasteiger partial charge is 0.354 e. The maximum atomic E-state index is 4.52. The Hall–Kier alpha value is -2.59. The number of H-pyrrole nitrogens is 2. The molecular formula is C24H28N4. The number of fused-ring (bicyclic) bond motifs is 2. The predicted octanol–water partition coefficient (Wildman–Crippen LogP) is 5.61. The van der Waals surface area contributed by atoms with Crippen LogP contribution in [0.25, 0.3) is 33.2 Å². The first-order chi connectivity index (χ1) is 13.6. The summed E-state index contributed by atoms with van der Waals surface area (Å²) in [5.41, 5.74) is 8.81. The summed E-state index contributed by atoms with van der Waals surface area (Å²) in [6.07, 6.45) is 6.42. The molecule has 0 radical (unpaired) electrons. The highest BCUT2D eigenvalue weighted by Gasteiger charge is 2.21. The lowest BCUT2D eigenvalue weighted by Crippen LogP contribution is -2.26. The Balaban J connectivity index is 1.73. The summed E-state index contributed by atoms with van der Waals surface area (Å²) in [6, 6.07) is 9.20. The first-order valence-electron chi connectivity index (χ1n) is 10.4. The van der Waals surface area contributed by atoms with Crippen molar-refractivity contribution in [1.82, 2.24) is 20.3 Å². The SMILES string of the molecule is Cc1c[nH]c2nccc(-c3[nH]c4ccc(C5CCNCC5)cc4c3C(C)C)c12. The number of nitrogens with one attached hydrogen (secondary N) is 3.